The van der Waals surface area contributed by atoms with Gasteiger partial charge in [0.2, 0.25) is 5.60 Å². The summed E-state index contributed by atoms with van der Waals surface area (Å²) in [6.45, 7) is 0.743. The Kier molecular flexibility index (Phi) is 4.70. The van der Waals surface area contributed by atoms with E-state index in [-0.39, 0.29) is 19.0 Å². The number of hydrogen-bond acceptors (Lipinski definition) is 5. The van der Waals surface area contributed by atoms with Gasteiger partial charge in [-0.2, -0.15) is 23.4 Å². The van der Waals surface area contributed by atoms with E-state index in [1.165, 1.54) is 0 Å². The second kappa shape index (κ2) is 6.67. The summed E-state index contributed by atoms with van der Waals surface area (Å²) >= 11 is 0. The van der Waals surface area contributed by atoms with E-state index in [4.69, 9.17) is 0 Å². The van der Waals surface area contributed by atoms with E-state index >= 15 is 0 Å². The van der Waals surface area contributed by atoms with Crippen LogP contribution in [0.2, 0.25) is 0 Å². The number of carbonyl (C=O) groups is 1. The van der Waals surface area contributed by atoms with Crippen LogP contribution in [0.3, 0.4) is 0 Å². The van der Waals surface area contributed by atoms with Gasteiger partial charge in [0.15, 0.2) is 5.82 Å². The molecule has 1 aliphatic heterocycles. The van der Waals surface area contributed by atoms with Crippen molar-refractivity contribution in [2.24, 2.45) is 0 Å². The Morgan fingerprint density at radius 3 is 2.50 bits per heavy atom. The van der Waals surface area contributed by atoms with E-state index < -0.39 is 17.7 Å². The number of alkyl halides is 3. The number of likely N-dealkylation sites (tertiary alicyclic amines) is 1. The smallest absolute Gasteiger partial charge is 0.373 e. The average Bonchev–Trinajstić information content (AvgIpc) is 3.10. The molecule has 3 heterocycles. The maximum absolute atomic E-state index is 12.9. The zero-order chi connectivity index (χ0) is 18.9. The number of piperidine rings is 1. The first-order valence-corrected chi connectivity index (χ1v) is 8.12. The maximum Gasteiger partial charge on any atom is 0.426 e. The molecule has 10 heteroatoms. The van der Waals surface area contributed by atoms with Crippen LogP contribution in [-0.2, 0) is 4.79 Å². The van der Waals surface area contributed by atoms with Crippen LogP contribution in [0.25, 0.3) is 5.82 Å². The standard InChI is InChI=1S/C16H18F3N5O2/c1-15(26,16(17,18)19)14(25)23-9-5-11(6-10-23)12-4-8-21-24(12)13-3-2-7-20-22-13/h2-4,7-8,11,26H,5-6,9-10H2,1H3. The van der Waals surface area contributed by atoms with Gasteiger partial charge in [-0.3, -0.25) is 4.79 Å². The molecule has 1 aliphatic rings. The molecule has 1 atom stereocenters. The molecule has 0 aromatic carbocycles. The molecule has 1 saturated heterocycles. The SMILES string of the molecule is CC(O)(C(=O)N1CCC(c2ccnn2-c2cccnn2)CC1)C(F)(F)F. The highest BCUT2D eigenvalue weighted by molar-refractivity contribution is 5.85. The van der Waals surface area contributed by atoms with Gasteiger partial charge in [0, 0.05) is 37.1 Å². The van der Waals surface area contributed by atoms with E-state index in [9.17, 15) is 23.1 Å². The molecule has 0 bridgehead atoms. The minimum atomic E-state index is -5.01. The van der Waals surface area contributed by atoms with Gasteiger partial charge in [0.05, 0.1) is 0 Å². The normalized spacial score (nSPS) is 18.6. The van der Waals surface area contributed by atoms with Gasteiger partial charge >= 0.3 is 6.18 Å². The third-order valence-corrected chi connectivity index (χ3v) is 4.62. The lowest BCUT2D eigenvalue weighted by Gasteiger charge is -2.36. The van der Waals surface area contributed by atoms with E-state index in [1.807, 2.05) is 6.07 Å². The Morgan fingerprint density at radius 2 is 1.92 bits per heavy atom. The number of aromatic nitrogens is 4. The quantitative estimate of drug-likeness (QED) is 0.890. The first kappa shape index (κ1) is 18.3. The van der Waals surface area contributed by atoms with Crippen LogP contribution in [0.5, 0.6) is 0 Å². The number of carbonyl (C=O) groups excluding carboxylic acids is 1. The summed E-state index contributed by atoms with van der Waals surface area (Å²) in [5.41, 5.74) is -2.51. The Labute approximate surface area is 147 Å². The number of hydrogen-bond donors (Lipinski definition) is 1. The molecule has 7 nitrogen and oxygen atoms in total. The highest BCUT2D eigenvalue weighted by atomic mass is 19.4. The van der Waals surface area contributed by atoms with Crippen molar-refractivity contribution in [3.63, 3.8) is 0 Å². The minimum absolute atomic E-state index is 0.0133. The van der Waals surface area contributed by atoms with Crippen molar-refractivity contribution in [1.82, 2.24) is 24.9 Å². The van der Waals surface area contributed by atoms with Crippen molar-refractivity contribution in [2.45, 2.75) is 37.5 Å². The molecular weight excluding hydrogens is 351 g/mol. The van der Waals surface area contributed by atoms with Gasteiger partial charge in [-0.05, 0) is 38.0 Å². The van der Waals surface area contributed by atoms with E-state index in [0.29, 0.717) is 25.6 Å². The summed E-state index contributed by atoms with van der Waals surface area (Å²) < 4.78 is 40.2. The van der Waals surface area contributed by atoms with Crippen molar-refractivity contribution in [1.29, 1.82) is 0 Å². The van der Waals surface area contributed by atoms with Gasteiger partial charge in [-0.25, -0.2) is 4.68 Å². The molecule has 26 heavy (non-hydrogen) atoms. The summed E-state index contributed by atoms with van der Waals surface area (Å²) in [7, 11) is 0. The van der Waals surface area contributed by atoms with Crippen LogP contribution >= 0.6 is 0 Å². The van der Waals surface area contributed by atoms with Crippen LogP contribution in [-0.4, -0.2) is 60.8 Å². The van der Waals surface area contributed by atoms with Crippen LogP contribution in [0, 0.1) is 0 Å². The van der Waals surface area contributed by atoms with Crippen molar-refractivity contribution >= 4 is 5.91 Å². The molecule has 1 amide bonds. The monoisotopic (exact) mass is 369 g/mol. The molecule has 0 radical (unpaired) electrons. The summed E-state index contributed by atoms with van der Waals surface area (Å²) in [6.07, 6.45) is -0.915. The number of nitrogens with zero attached hydrogens (tertiary/aromatic N) is 5. The summed E-state index contributed by atoms with van der Waals surface area (Å²) in [6, 6.07) is 5.31. The lowest BCUT2D eigenvalue weighted by Crippen LogP contribution is -2.57. The van der Waals surface area contributed by atoms with E-state index in [2.05, 4.69) is 15.3 Å². The highest BCUT2D eigenvalue weighted by Gasteiger charge is 2.57. The number of aliphatic hydroxyl groups is 1. The molecule has 1 N–H and O–H groups in total. The Balaban J connectivity index is 1.71. The Hall–Kier alpha value is -2.49. The van der Waals surface area contributed by atoms with Crippen LogP contribution < -0.4 is 0 Å². The molecular formula is C16H18F3N5O2. The predicted octanol–water partition coefficient (Wildman–Crippen LogP) is 1.68. The average molecular weight is 369 g/mol. The Bertz CT molecular complexity index is 768. The van der Waals surface area contributed by atoms with Gasteiger partial charge in [0.1, 0.15) is 0 Å². The van der Waals surface area contributed by atoms with Crippen LogP contribution in [0.1, 0.15) is 31.4 Å². The number of rotatable bonds is 3. The van der Waals surface area contributed by atoms with E-state index in [1.54, 1.807) is 29.2 Å². The maximum atomic E-state index is 12.9. The third-order valence-electron chi connectivity index (χ3n) is 4.62. The highest BCUT2D eigenvalue weighted by Crippen LogP contribution is 2.34. The van der Waals surface area contributed by atoms with E-state index in [0.717, 1.165) is 10.6 Å². The third kappa shape index (κ3) is 3.28. The fourth-order valence-corrected chi connectivity index (χ4v) is 3.03. The molecule has 3 rings (SSSR count). The molecule has 2 aromatic rings. The molecule has 0 aliphatic carbocycles. The zero-order valence-corrected chi connectivity index (χ0v) is 14.0. The van der Waals surface area contributed by atoms with Crippen LogP contribution in [0.4, 0.5) is 13.2 Å². The molecule has 0 saturated carbocycles. The number of amides is 1. The first-order valence-electron chi connectivity index (χ1n) is 8.12. The molecule has 2 aromatic heterocycles. The van der Waals surface area contributed by atoms with Crippen molar-refractivity contribution in [3.05, 3.63) is 36.3 Å². The number of halogens is 3. The zero-order valence-electron chi connectivity index (χ0n) is 14.0. The van der Waals surface area contributed by atoms with Gasteiger partial charge < -0.3 is 10.0 Å². The second-order valence-corrected chi connectivity index (χ2v) is 6.39. The largest absolute Gasteiger partial charge is 0.426 e. The molecule has 140 valence electrons. The summed E-state index contributed by atoms with van der Waals surface area (Å²) in [5, 5.41) is 21.6. The van der Waals surface area contributed by atoms with Crippen molar-refractivity contribution in [3.8, 4) is 5.82 Å². The summed E-state index contributed by atoms with van der Waals surface area (Å²) in [4.78, 5) is 13.1. The first-order chi connectivity index (χ1) is 12.2. The second-order valence-electron chi connectivity index (χ2n) is 6.39. The van der Waals surface area contributed by atoms with Crippen molar-refractivity contribution in [2.75, 3.05) is 13.1 Å². The lowest BCUT2D eigenvalue weighted by atomic mass is 9.92. The molecule has 1 fully saturated rings. The van der Waals surface area contributed by atoms with Crippen LogP contribution in [0.15, 0.2) is 30.6 Å². The molecule has 0 spiro atoms. The fraction of sp³-hybridized carbons (Fsp3) is 0.500. The van der Waals surface area contributed by atoms with Gasteiger partial charge in [-0.1, -0.05) is 0 Å². The fourth-order valence-electron chi connectivity index (χ4n) is 3.03. The topological polar surface area (TPSA) is 84.1 Å². The molecule has 1 unspecified atom stereocenters. The van der Waals surface area contributed by atoms with Crippen molar-refractivity contribution < 1.29 is 23.1 Å². The Morgan fingerprint density at radius 1 is 1.23 bits per heavy atom. The predicted molar refractivity (Wildman–Crippen MR) is 84.4 cm³/mol. The van der Waals surface area contributed by atoms with Gasteiger partial charge in [-0.15, -0.1) is 5.10 Å². The summed E-state index contributed by atoms with van der Waals surface area (Å²) in [5.74, 6) is -0.753. The lowest BCUT2D eigenvalue weighted by molar-refractivity contribution is -0.250. The van der Waals surface area contributed by atoms with Gasteiger partial charge in [0.25, 0.3) is 5.91 Å². The minimum Gasteiger partial charge on any atom is -0.373 e.